The molecule has 1 aromatic heterocycles. The zero-order chi connectivity index (χ0) is 17.7. The molecule has 1 amide bonds. The summed E-state index contributed by atoms with van der Waals surface area (Å²) in [7, 11) is 1.57. The SMILES string of the molecule is COCCC1(C(=O)O)CCCN(C(=O)CCc2c(C)n[nH]c2C)C1. The maximum Gasteiger partial charge on any atom is 0.311 e. The predicted molar refractivity (Wildman–Crippen MR) is 88.8 cm³/mol. The molecule has 1 aromatic rings. The number of hydrogen-bond donors (Lipinski definition) is 2. The summed E-state index contributed by atoms with van der Waals surface area (Å²) in [6.45, 7) is 5.16. The van der Waals surface area contributed by atoms with Crippen LogP contribution in [-0.2, 0) is 20.7 Å². The molecule has 134 valence electrons. The molecule has 0 spiro atoms. The molecule has 0 bridgehead atoms. The number of rotatable bonds is 7. The van der Waals surface area contributed by atoms with E-state index >= 15 is 0 Å². The van der Waals surface area contributed by atoms with Crippen LogP contribution in [0.1, 0.15) is 42.6 Å². The number of carboxylic acids is 1. The molecule has 1 unspecified atom stereocenters. The minimum Gasteiger partial charge on any atom is -0.481 e. The molecule has 0 aromatic carbocycles. The number of carbonyl (C=O) groups excluding carboxylic acids is 1. The van der Waals surface area contributed by atoms with Gasteiger partial charge in [0.1, 0.15) is 0 Å². The lowest BCUT2D eigenvalue weighted by Gasteiger charge is -2.40. The van der Waals surface area contributed by atoms with E-state index in [9.17, 15) is 14.7 Å². The Kier molecular flexibility index (Phi) is 5.99. The Balaban J connectivity index is 2.00. The van der Waals surface area contributed by atoms with Gasteiger partial charge >= 0.3 is 5.97 Å². The fourth-order valence-corrected chi connectivity index (χ4v) is 3.46. The van der Waals surface area contributed by atoms with E-state index in [2.05, 4.69) is 10.2 Å². The van der Waals surface area contributed by atoms with E-state index in [1.54, 1.807) is 12.0 Å². The van der Waals surface area contributed by atoms with E-state index in [0.717, 1.165) is 17.0 Å². The summed E-state index contributed by atoms with van der Waals surface area (Å²) >= 11 is 0. The second-order valence-corrected chi connectivity index (χ2v) is 6.66. The Bertz CT molecular complexity index is 579. The van der Waals surface area contributed by atoms with Gasteiger partial charge in [0.05, 0.1) is 11.1 Å². The number of H-pyrrole nitrogens is 1. The minimum atomic E-state index is -0.884. The van der Waals surface area contributed by atoms with Crippen molar-refractivity contribution >= 4 is 11.9 Å². The summed E-state index contributed by atoms with van der Waals surface area (Å²) in [6.07, 6.45) is 2.74. The molecule has 2 rings (SSSR count). The zero-order valence-electron chi connectivity index (χ0n) is 14.7. The standard InChI is InChI=1S/C17H27N3O4/c1-12-14(13(2)19-18-12)5-6-15(21)20-9-4-7-17(11-20,16(22)23)8-10-24-3/h4-11H2,1-3H3,(H,18,19)(H,22,23). The van der Waals surface area contributed by atoms with Gasteiger partial charge in [-0.05, 0) is 45.1 Å². The van der Waals surface area contributed by atoms with Crippen LogP contribution in [0.25, 0.3) is 0 Å². The van der Waals surface area contributed by atoms with E-state index in [1.807, 2.05) is 13.8 Å². The fourth-order valence-electron chi connectivity index (χ4n) is 3.46. The molecule has 1 saturated heterocycles. The van der Waals surface area contributed by atoms with Crippen molar-refractivity contribution in [1.82, 2.24) is 15.1 Å². The van der Waals surface area contributed by atoms with E-state index in [-0.39, 0.29) is 12.5 Å². The van der Waals surface area contributed by atoms with Gasteiger partial charge in [-0.3, -0.25) is 14.7 Å². The molecule has 1 atom stereocenters. The van der Waals surface area contributed by atoms with Gasteiger partial charge in [-0.15, -0.1) is 0 Å². The molecule has 1 aliphatic heterocycles. The molecular weight excluding hydrogens is 310 g/mol. The molecule has 0 aliphatic carbocycles. The van der Waals surface area contributed by atoms with Crippen LogP contribution in [-0.4, -0.2) is 58.9 Å². The number of likely N-dealkylation sites (tertiary alicyclic amines) is 1. The number of aryl methyl sites for hydroxylation is 2. The number of hydrogen-bond acceptors (Lipinski definition) is 4. The fraction of sp³-hybridized carbons (Fsp3) is 0.706. The first kappa shape index (κ1) is 18.4. The Hall–Kier alpha value is -1.89. The number of carboxylic acid groups (broad SMARTS) is 1. The van der Waals surface area contributed by atoms with Crippen LogP contribution in [0.3, 0.4) is 0 Å². The maximum atomic E-state index is 12.6. The third-order valence-corrected chi connectivity index (χ3v) is 5.04. The van der Waals surface area contributed by atoms with Crippen molar-refractivity contribution in [2.45, 2.75) is 46.0 Å². The number of carbonyl (C=O) groups is 2. The predicted octanol–water partition coefficient (Wildman–Crippen LogP) is 1.69. The quantitative estimate of drug-likeness (QED) is 0.789. The number of aromatic nitrogens is 2. The Morgan fingerprint density at radius 3 is 2.75 bits per heavy atom. The van der Waals surface area contributed by atoms with Gasteiger partial charge in [0.15, 0.2) is 0 Å². The van der Waals surface area contributed by atoms with Gasteiger partial charge in [-0.2, -0.15) is 5.10 Å². The van der Waals surface area contributed by atoms with Crippen molar-refractivity contribution in [1.29, 1.82) is 0 Å². The Morgan fingerprint density at radius 2 is 2.17 bits per heavy atom. The van der Waals surface area contributed by atoms with Crippen molar-refractivity contribution in [3.05, 3.63) is 17.0 Å². The number of nitrogens with one attached hydrogen (secondary N) is 1. The molecule has 24 heavy (non-hydrogen) atoms. The van der Waals surface area contributed by atoms with Gasteiger partial charge in [-0.25, -0.2) is 0 Å². The van der Waals surface area contributed by atoms with Crippen LogP contribution in [0.2, 0.25) is 0 Å². The van der Waals surface area contributed by atoms with Crippen LogP contribution in [0, 0.1) is 19.3 Å². The Morgan fingerprint density at radius 1 is 1.42 bits per heavy atom. The molecule has 1 aliphatic rings. The van der Waals surface area contributed by atoms with Crippen LogP contribution >= 0.6 is 0 Å². The van der Waals surface area contributed by atoms with Crippen molar-refractivity contribution in [3.8, 4) is 0 Å². The molecule has 2 heterocycles. The lowest BCUT2D eigenvalue weighted by molar-refractivity contribution is -0.156. The highest BCUT2D eigenvalue weighted by molar-refractivity contribution is 5.80. The van der Waals surface area contributed by atoms with Crippen molar-refractivity contribution < 1.29 is 19.4 Å². The third kappa shape index (κ3) is 3.95. The Labute approximate surface area is 142 Å². The third-order valence-electron chi connectivity index (χ3n) is 5.04. The lowest BCUT2D eigenvalue weighted by Crippen LogP contribution is -2.50. The van der Waals surface area contributed by atoms with Gasteiger partial charge in [0.25, 0.3) is 0 Å². The maximum absolute atomic E-state index is 12.6. The lowest BCUT2D eigenvalue weighted by atomic mass is 9.77. The highest BCUT2D eigenvalue weighted by Crippen LogP contribution is 2.34. The number of aliphatic carboxylic acids is 1. The smallest absolute Gasteiger partial charge is 0.311 e. The molecule has 1 fully saturated rings. The highest BCUT2D eigenvalue weighted by atomic mass is 16.5. The van der Waals surface area contributed by atoms with Gasteiger partial charge in [0.2, 0.25) is 5.91 Å². The number of amides is 1. The molecular formula is C17H27N3O4. The summed E-state index contributed by atoms with van der Waals surface area (Å²) in [6, 6.07) is 0. The average Bonchev–Trinajstić information content (AvgIpc) is 2.89. The van der Waals surface area contributed by atoms with Gasteiger partial charge in [-0.1, -0.05) is 0 Å². The van der Waals surface area contributed by atoms with E-state index < -0.39 is 11.4 Å². The van der Waals surface area contributed by atoms with Crippen molar-refractivity contribution in [2.24, 2.45) is 5.41 Å². The number of piperidine rings is 1. The van der Waals surface area contributed by atoms with Crippen LogP contribution in [0.5, 0.6) is 0 Å². The van der Waals surface area contributed by atoms with Crippen LogP contribution < -0.4 is 0 Å². The average molecular weight is 337 g/mol. The van der Waals surface area contributed by atoms with Crippen molar-refractivity contribution in [2.75, 3.05) is 26.8 Å². The van der Waals surface area contributed by atoms with E-state index in [1.165, 1.54) is 0 Å². The summed E-state index contributed by atoms with van der Waals surface area (Å²) in [4.78, 5) is 26.1. The summed E-state index contributed by atoms with van der Waals surface area (Å²) < 4.78 is 5.06. The number of nitrogens with zero attached hydrogens (tertiary/aromatic N) is 2. The summed E-state index contributed by atoms with van der Waals surface area (Å²) in [5.41, 5.74) is 2.09. The zero-order valence-corrected chi connectivity index (χ0v) is 14.7. The molecule has 0 radical (unpaired) electrons. The van der Waals surface area contributed by atoms with E-state index in [4.69, 9.17) is 4.74 Å². The van der Waals surface area contributed by atoms with Crippen LogP contribution in [0.4, 0.5) is 0 Å². The van der Waals surface area contributed by atoms with Gasteiger partial charge < -0.3 is 14.7 Å². The number of ether oxygens (including phenoxy) is 1. The van der Waals surface area contributed by atoms with Crippen molar-refractivity contribution in [3.63, 3.8) is 0 Å². The second-order valence-electron chi connectivity index (χ2n) is 6.66. The molecule has 7 heteroatoms. The number of aromatic amines is 1. The van der Waals surface area contributed by atoms with E-state index in [0.29, 0.717) is 45.3 Å². The van der Waals surface area contributed by atoms with Crippen LogP contribution in [0.15, 0.2) is 0 Å². The minimum absolute atomic E-state index is 0.0118. The summed E-state index contributed by atoms with van der Waals surface area (Å²) in [5, 5.41) is 16.7. The normalized spacial score (nSPS) is 21.0. The first-order chi connectivity index (χ1) is 11.4. The first-order valence-corrected chi connectivity index (χ1v) is 8.40. The summed E-state index contributed by atoms with van der Waals surface area (Å²) in [5.74, 6) is -0.823. The topological polar surface area (TPSA) is 95.5 Å². The molecule has 2 N–H and O–H groups in total. The first-order valence-electron chi connectivity index (χ1n) is 8.40. The number of methoxy groups -OCH3 is 1. The molecule has 7 nitrogen and oxygen atoms in total. The highest BCUT2D eigenvalue weighted by Gasteiger charge is 2.43. The second kappa shape index (κ2) is 7.79. The molecule has 0 saturated carbocycles. The van der Waals surface area contributed by atoms with Gasteiger partial charge in [0, 0.05) is 38.9 Å². The monoisotopic (exact) mass is 337 g/mol. The largest absolute Gasteiger partial charge is 0.481 e.